The molecule has 0 amide bonds. The average molecular weight is 221 g/mol. The van der Waals surface area contributed by atoms with Crippen LogP contribution >= 0.6 is 0 Å². The normalized spacial score (nSPS) is 14.1. The molecule has 4 heteroatoms. The molecule has 4 nitrogen and oxygen atoms in total. The van der Waals surface area contributed by atoms with Crippen molar-refractivity contribution in [1.82, 2.24) is 15.3 Å². The summed E-state index contributed by atoms with van der Waals surface area (Å²) in [6.45, 7) is 7.42. The molecule has 2 rings (SSSR count). The van der Waals surface area contributed by atoms with Crippen LogP contribution in [-0.2, 0) is 30.7 Å². The summed E-state index contributed by atoms with van der Waals surface area (Å²) < 4.78 is 5.33. The molecule has 0 atom stereocenters. The molecule has 0 aliphatic carbocycles. The molecule has 1 aromatic rings. The predicted octanol–water partition coefficient (Wildman–Crippen LogP) is 1.22. The molecular formula is C12H19N3O. The van der Waals surface area contributed by atoms with Crippen LogP contribution in [0.2, 0.25) is 0 Å². The summed E-state index contributed by atoms with van der Waals surface area (Å²) in [5, 5.41) is 3.32. The molecule has 1 N–H and O–H groups in total. The minimum Gasteiger partial charge on any atom is -0.381 e. The molecule has 1 aliphatic heterocycles. The second kappa shape index (κ2) is 5.37. The molecule has 0 unspecified atom stereocenters. The van der Waals surface area contributed by atoms with Crippen LogP contribution in [-0.4, -0.2) is 23.2 Å². The lowest BCUT2D eigenvalue weighted by Gasteiger charge is -2.07. The van der Waals surface area contributed by atoms with Gasteiger partial charge in [-0.2, -0.15) is 0 Å². The first-order valence-corrected chi connectivity index (χ1v) is 6.01. The Labute approximate surface area is 96.4 Å². The van der Waals surface area contributed by atoms with Gasteiger partial charge in [-0.3, -0.25) is 0 Å². The van der Waals surface area contributed by atoms with E-state index in [-0.39, 0.29) is 0 Å². The first-order valence-electron chi connectivity index (χ1n) is 6.01. The van der Waals surface area contributed by atoms with E-state index < -0.39 is 0 Å². The Bertz CT molecular complexity index is 366. The van der Waals surface area contributed by atoms with Gasteiger partial charge in [-0.15, -0.1) is 0 Å². The van der Waals surface area contributed by atoms with Gasteiger partial charge in [0, 0.05) is 37.4 Å². The summed E-state index contributed by atoms with van der Waals surface area (Å²) in [5.41, 5.74) is 3.68. The van der Waals surface area contributed by atoms with Crippen molar-refractivity contribution in [2.75, 3.05) is 13.2 Å². The fraction of sp³-hybridized carbons (Fsp3) is 0.667. The largest absolute Gasteiger partial charge is 0.381 e. The number of nitrogens with one attached hydrogen (secondary N) is 1. The summed E-state index contributed by atoms with van der Waals surface area (Å²) in [5.74, 6) is 0.924. The number of aromatic nitrogens is 2. The fourth-order valence-electron chi connectivity index (χ4n) is 2.01. The zero-order chi connectivity index (χ0) is 11.4. The zero-order valence-electron chi connectivity index (χ0n) is 10.0. The van der Waals surface area contributed by atoms with Crippen LogP contribution in [0.4, 0.5) is 0 Å². The summed E-state index contributed by atoms with van der Waals surface area (Å²) in [4.78, 5) is 9.18. The van der Waals surface area contributed by atoms with E-state index in [0.717, 1.165) is 38.4 Å². The third kappa shape index (κ3) is 2.39. The van der Waals surface area contributed by atoms with Gasteiger partial charge in [-0.05, 0) is 13.3 Å². The van der Waals surface area contributed by atoms with Gasteiger partial charge in [0.1, 0.15) is 5.82 Å². The zero-order valence-corrected chi connectivity index (χ0v) is 10.0. The molecule has 1 aliphatic rings. The highest BCUT2D eigenvalue weighted by atomic mass is 16.5. The monoisotopic (exact) mass is 221 g/mol. The summed E-state index contributed by atoms with van der Waals surface area (Å²) in [6, 6.07) is 0. The third-order valence-corrected chi connectivity index (χ3v) is 2.83. The van der Waals surface area contributed by atoms with Gasteiger partial charge in [-0.1, -0.05) is 6.92 Å². The minimum atomic E-state index is 0.714. The van der Waals surface area contributed by atoms with Gasteiger partial charge in [-0.25, -0.2) is 9.97 Å². The van der Waals surface area contributed by atoms with Crippen LogP contribution in [0.25, 0.3) is 0 Å². The van der Waals surface area contributed by atoms with Crippen LogP contribution < -0.4 is 5.32 Å². The quantitative estimate of drug-likeness (QED) is 0.759. The van der Waals surface area contributed by atoms with E-state index in [1.807, 2.05) is 6.92 Å². The lowest BCUT2D eigenvalue weighted by molar-refractivity contribution is 0.149. The Morgan fingerprint density at radius 1 is 1.25 bits per heavy atom. The molecule has 1 aromatic heterocycles. The van der Waals surface area contributed by atoms with Crippen molar-refractivity contribution in [3.05, 3.63) is 22.8 Å². The van der Waals surface area contributed by atoms with Crippen LogP contribution in [0.15, 0.2) is 0 Å². The van der Waals surface area contributed by atoms with Gasteiger partial charge in [0.15, 0.2) is 0 Å². The Hall–Kier alpha value is -1.00. The fourth-order valence-corrected chi connectivity index (χ4v) is 2.01. The number of fused-ring (bicyclic) bond motifs is 1. The molecule has 16 heavy (non-hydrogen) atoms. The number of hydrogen-bond acceptors (Lipinski definition) is 4. The molecule has 0 aromatic carbocycles. The topological polar surface area (TPSA) is 47.0 Å². The SMILES string of the molecule is CCOCCc1nc(CC)c2c(n1)CNC2. The summed E-state index contributed by atoms with van der Waals surface area (Å²) in [6.07, 6.45) is 1.79. The lowest BCUT2D eigenvalue weighted by Crippen LogP contribution is -2.08. The summed E-state index contributed by atoms with van der Waals surface area (Å²) >= 11 is 0. The number of hydrogen-bond donors (Lipinski definition) is 1. The van der Waals surface area contributed by atoms with Crippen molar-refractivity contribution < 1.29 is 4.74 Å². The van der Waals surface area contributed by atoms with Gasteiger partial charge in [0.25, 0.3) is 0 Å². The molecule has 0 fully saturated rings. The molecule has 0 saturated carbocycles. The van der Waals surface area contributed by atoms with E-state index in [4.69, 9.17) is 4.74 Å². The summed E-state index contributed by atoms with van der Waals surface area (Å²) in [7, 11) is 0. The van der Waals surface area contributed by atoms with Gasteiger partial charge in [0.05, 0.1) is 12.3 Å². The Morgan fingerprint density at radius 3 is 2.88 bits per heavy atom. The van der Waals surface area contributed by atoms with Crippen molar-refractivity contribution in [3.8, 4) is 0 Å². The van der Waals surface area contributed by atoms with E-state index in [1.165, 1.54) is 17.0 Å². The second-order valence-corrected chi connectivity index (χ2v) is 3.92. The van der Waals surface area contributed by atoms with Crippen molar-refractivity contribution in [2.24, 2.45) is 0 Å². The Balaban J connectivity index is 2.14. The highest BCUT2D eigenvalue weighted by Gasteiger charge is 2.17. The van der Waals surface area contributed by atoms with Crippen LogP contribution in [0.5, 0.6) is 0 Å². The number of aryl methyl sites for hydroxylation is 1. The first-order chi connectivity index (χ1) is 7.85. The Kier molecular flexibility index (Phi) is 3.85. The van der Waals surface area contributed by atoms with E-state index in [9.17, 15) is 0 Å². The molecule has 0 saturated heterocycles. The maximum Gasteiger partial charge on any atom is 0.131 e. The second-order valence-electron chi connectivity index (χ2n) is 3.92. The van der Waals surface area contributed by atoms with E-state index in [1.54, 1.807) is 0 Å². The highest BCUT2D eigenvalue weighted by Crippen LogP contribution is 2.17. The highest BCUT2D eigenvalue weighted by molar-refractivity contribution is 5.29. The van der Waals surface area contributed by atoms with E-state index in [0.29, 0.717) is 6.61 Å². The van der Waals surface area contributed by atoms with Crippen LogP contribution in [0.3, 0.4) is 0 Å². The van der Waals surface area contributed by atoms with E-state index in [2.05, 4.69) is 22.2 Å². The number of nitrogens with zero attached hydrogens (tertiary/aromatic N) is 2. The smallest absolute Gasteiger partial charge is 0.131 e. The molecule has 0 spiro atoms. The average Bonchev–Trinajstić information content (AvgIpc) is 2.76. The molecule has 2 heterocycles. The van der Waals surface area contributed by atoms with Gasteiger partial charge in [0.2, 0.25) is 0 Å². The maximum absolute atomic E-state index is 5.33. The molecule has 0 bridgehead atoms. The standard InChI is InChI=1S/C12H19N3O/c1-3-10-9-7-13-8-11(9)15-12(14-10)5-6-16-4-2/h13H,3-8H2,1-2H3. The molecule has 88 valence electrons. The van der Waals surface area contributed by atoms with Gasteiger partial charge >= 0.3 is 0 Å². The van der Waals surface area contributed by atoms with E-state index >= 15 is 0 Å². The number of rotatable bonds is 5. The Morgan fingerprint density at radius 2 is 2.12 bits per heavy atom. The van der Waals surface area contributed by atoms with Crippen LogP contribution in [0, 0.1) is 0 Å². The van der Waals surface area contributed by atoms with Crippen molar-refractivity contribution >= 4 is 0 Å². The van der Waals surface area contributed by atoms with Crippen molar-refractivity contribution in [1.29, 1.82) is 0 Å². The van der Waals surface area contributed by atoms with Crippen LogP contribution in [0.1, 0.15) is 36.6 Å². The van der Waals surface area contributed by atoms with Gasteiger partial charge < -0.3 is 10.1 Å². The van der Waals surface area contributed by atoms with Crippen molar-refractivity contribution in [3.63, 3.8) is 0 Å². The predicted molar refractivity (Wildman–Crippen MR) is 62.2 cm³/mol. The number of ether oxygens (including phenoxy) is 1. The molecular weight excluding hydrogens is 202 g/mol. The maximum atomic E-state index is 5.33. The molecule has 0 radical (unpaired) electrons. The lowest BCUT2D eigenvalue weighted by atomic mass is 10.1. The minimum absolute atomic E-state index is 0.714. The first kappa shape index (κ1) is 11.5. The third-order valence-electron chi connectivity index (χ3n) is 2.83. The van der Waals surface area contributed by atoms with Crippen molar-refractivity contribution in [2.45, 2.75) is 39.8 Å².